The molecule has 3 atom stereocenters. The summed E-state index contributed by atoms with van der Waals surface area (Å²) in [6.45, 7) is 2.45. The van der Waals surface area contributed by atoms with Crippen LogP contribution >= 0.6 is 0 Å². The Balaban J connectivity index is 1.80. The molecule has 20 heavy (non-hydrogen) atoms. The first-order valence-corrected chi connectivity index (χ1v) is 6.80. The maximum Gasteiger partial charge on any atom is 0.303 e. The molecule has 1 aromatic rings. The average Bonchev–Trinajstić information content (AvgIpc) is 2.98. The van der Waals surface area contributed by atoms with E-state index >= 15 is 0 Å². The highest BCUT2D eigenvalue weighted by atomic mass is 16.6. The Hall–Kier alpha value is -1.88. The van der Waals surface area contributed by atoms with E-state index in [2.05, 4.69) is 0 Å². The van der Waals surface area contributed by atoms with Gasteiger partial charge >= 0.3 is 5.97 Å². The zero-order chi connectivity index (χ0) is 14.1. The fraction of sp³-hybridized carbons (Fsp3) is 0.467. The number of esters is 1. The maximum absolute atomic E-state index is 12.4. The van der Waals surface area contributed by atoms with Gasteiger partial charge in [-0.25, -0.2) is 0 Å². The van der Waals surface area contributed by atoms with Crippen LogP contribution in [0.4, 0.5) is 0 Å². The largest absolute Gasteiger partial charge is 0.450 e. The van der Waals surface area contributed by atoms with Crippen molar-refractivity contribution in [1.82, 2.24) is 4.90 Å². The molecule has 3 unspecified atom stereocenters. The fourth-order valence-corrected chi connectivity index (χ4v) is 2.96. The lowest BCUT2D eigenvalue weighted by atomic mass is 10.1. The van der Waals surface area contributed by atoms with E-state index in [9.17, 15) is 9.59 Å². The van der Waals surface area contributed by atoms with Crippen molar-refractivity contribution in [2.75, 3.05) is 6.61 Å². The van der Waals surface area contributed by atoms with Crippen LogP contribution in [0.1, 0.15) is 18.9 Å². The first kappa shape index (κ1) is 13.1. The van der Waals surface area contributed by atoms with Gasteiger partial charge in [0, 0.05) is 20.1 Å². The van der Waals surface area contributed by atoms with Gasteiger partial charge in [-0.3, -0.25) is 9.59 Å². The number of rotatable bonds is 3. The molecular formula is C15H17NO4. The van der Waals surface area contributed by atoms with Gasteiger partial charge in [-0.2, -0.15) is 0 Å². The van der Waals surface area contributed by atoms with Gasteiger partial charge in [0.15, 0.2) is 0 Å². The molecule has 0 bridgehead atoms. The Kier molecular flexibility index (Phi) is 3.44. The number of hydrogen-bond donors (Lipinski definition) is 0. The molecule has 0 aromatic heterocycles. The molecule has 2 aliphatic rings. The van der Waals surface area contributed by atoms with Crippen LogP contribution in [0.15, 0.2) is 30.3 Å². The number of hydrogen-bond acceptors (Lipinski definition) is 4. The highest BCUT2D eigenvalue weighted by Gasteiger charge is 2.53. The molecule has 1 aromatic carbocycles. The summed E-state index contributed by atoms with van der Waals surface area (Å²) < 4.78 is 10.7. The summed E-state index contributed by atoms with van der Waals surface area (Å²) in [5.41, 5.74) is 1.06. The van der Waals surface area contributed by atoms with E-state index in [1.54, 1.807) is 4.90 Å². The third kappa shape index (κ3) is 2.29. The first-order valence-electron chi connectivity index (χ1n) is 6.80. The Bertz CT molecular complexity index is 516. The van der Waals surface area contributed by atoms with Gasteiger partial charge < -0.3 is 14.4 Å². The summed E-state index contributed by atoms with van der Waals surface area (Å²) >= 11 is 0. The van der Waals surface area contributed by atoms with E-state index in [0.29, 0.717) is 13.2 Å². The summed E-state index contributed by atoms with van der Waals surface area (Å²) in [5, 5.41) is 0. The molecule has 5 heteroatoms. The minimum Gasteiger partial charge on any atom is -0.450 e. The Morgan fingerprint density at radius 3 is 2.85 bits per heavy atom. The van der Waals surface area contributed by atoms with Crippen molar-refractivity contribution in [3.8, 4) is 0 Å². The number of carbonyl (C=O) groups excluding carboxylic acids is 2. The van der Waals surface area contributed by atoms with Crippen molar-refractivity contribution in [3.63, 3.8) is 0 Å². The highest BCUT2D eigenvalue weighted by molar-refractivity contribution is 5.87. The van der Waals surface area contributed by atoms with Gasteiger partial charge in [-0.15, -0.1) is 0 Å². The molecular weight excluding hydrogens is 258 g/mol. The van der Waals surface area contributed by atoms with Crippen molar-refractivity contribution in [2.45, 2.75) is 38.1 Å². The monoisotopic (exact) mass is 275 g/mol. The molecule has 0 aliphatic carbocycles. The van der Waals surface area contributed by atoms with E-state index in [0.717, 1.165) is 12.0 Å². The molecule has 2 heterocycles. The van der Waals surface area contributed by atoms with Gasteiger partial charge in [-0.05, 0) is 12.0 Å². The second-order valence-corrected chi connectivity index (χ2v) is 5.17. The molecule has 1 amide bonds. The van der Waals surface area contributed by atoms with Crippen LogP contribution in [-0.4, -0.2) is 41.6 Å². The van der Waals surface area contributed by atoms with E-state index in [1.165, 1.54) is 6.92 Å². The van der Waals surface area contributed by atoms with Crippen LogP contribution in [0.2, 0.25) is 0 Å². The second-order valence-electron chi connectivity index (χ2n) is 5.17. The number of ether oxygens (including phenoxy) is 2. The molecule has 0 N–H and O–H groups in total. The Morgan fingerprint density at radius 1 is 1.40 bits per heavy atom. The van der Waals surface area contributed by atoms with Crippen molar-refractivity contribution in [2.24, 2.45) is 0 Å². The van der Waals surface area contributed by atoms with Crippen LogP contribution < -0.4 is 0 Å². The summed E-state index contributed by atoms with van der Waals surface area (Å²) in [7, 11) is 0. The average molecular weight is 275 g/mol. The van der Waals surface area contributed by atoms with Crippen LogP contribution in [0.25, 0.3) is 0 Å². The third-order valence-corrected chi connectivity index (χ3v) is 3.82. The number of amides is 1. The number of nitrogens with zero attached hydrogens (tertiary/aromatic N) is 1. The van der Waals surface area contributed by atoms with Gasteiger partial charge in [-0.1, -0.05) is 30.3 Å². The van der Waals surface area contributed by atoms with Crippen molar-refractivity contribution < 1.29 is 19.1 Å². The predicted octanol–water partition coefficient (Wildman–Crippen LogP) is 1.12. The number of benzene rings is 1. The van der Waals surface area contributed by atoms with Crippen molar-refractivity contribution >= 4 is 11.9 Å². The standard InChI is InChI=1S/C15H17NO4/c1-10(17)20-14-13-12(7-8-19-13)16(15(14)18)9-11-5-3-2-4-6-11/h2-6,12-14H,7-9H2,1H3. The molecule has 3 rings (SSSR count). The second kappa shape index (κ2) is 5.25. The lowest BCUT2D eigenvalue weighted by Crippen LogP contribution is -2.35. The molecule has 0 saturated carbocycles. The number of fused-ring (bicyclic) bond motifs is 1. The van der Waals surface area contributed by atoms with Gasteiger partial charge in [0.2, 0.25) is 6.10 Å². The topological polar surface area (TPSA) is 55.8 Å². The SMILES string of the molecule is CC(=O)OC1C(=O)N(Cc2ccccc2)C2CCOC12. The fourth-order valence-electron chi connectivity index (χ4n) is 2.96. The van der Waals surface area contributed by atoms with Crippen LogP contribution in [0, 0.1) is 0 Å². The zero-order valence-electron chi connectivity index (χ0n) is 11.3. The minimum absolute atomic E-state index is 0.00653. The highest BCUT2D eigenvalue weighted by Crippen LogP contribution is 2.33. The summed E-state index contributed by atoms with van der Waals surface area (Å²) in [6, 6.07) is 9.81. The van der Waals surface area contributed by atoms with Crippen LogP contribution in [-0.2, 0) is 25.6 Å². The first-order chi connectivity index (χ1) is 9.66. The maximum atomic E-state index is 12.4. The van der Waals surface area contributed by atoms with Crippen molar-refractivity contribution in [3.05, 3.63) is 35.9 Å². The lowest BCUT2D eigenvalue weighted by Gasteiger charge is -2.22. The Morgan fingerprint density at radius 2 is 2.15 bits per heavy atom. The minimum atomic E-state index is -0.788. The van der Waals surface area contributed by atoms with Gasteiger partial charge in [0.25, 0.3) is 5.91 Å². The third-order valence-electron chi connectivity index (χ3n) is 3.82. The summed E-state index contributed by atoms with van der Waals surface area (Å²) in [5.74, 6) is -0.599. The zero-order valence-corrected chi connectivity index (χ0v) is 11.3. The smallest absolute Gasteiger partial charge is 0.303 e. The summed E-state index contributed by atoms with van der Waals surface area (Å²) in [6.07, 6.45) is -0.320. The molecule has 5 nitrogen and oxygen atoms in total. The van der Waals surface area contributed by atoms with Gasteiger partial charge in [0.05, 0.1) is 6.04 Å². The Labute approximate surface area is 117 Å². The number of likely N-dealkylation sites (tertiary alicyclic amines) is 1. The molecule has 2 fully saturated rings. The lowest BCUT2D eigenvalue weighted by molar-refractivity contribution is -0.159. The van der Waals surface area contributed by atoms with E-state index in [1.807, 2.05) is 30.3 Å². The molecule has 106 valence electrons. The predicted molar refractivity (Wildman–Crippen MR) is 70.7 cm³/mol. The van der Waals surface area contributed by atoms with Crippen LogP contribution in [0.5, 0.6) is 0 Å². The van der Waals surface area contributed by atoms with E-state index in [4.69, 9.17) is 9.47 Å². The van der Waals surface area contributed by atoms with E-state index in [-0.39, 0.29) is 18.1 Å². The van der Waals surface area contributed by atoms with Gasteiger partial charge in [0.1, 0.15) is 6.10 Å². The van der Waals surface area contributed by atoms with Crippen molar-refractivity contribution in [1.29, 1.82) is 0 Å². The summed E-state index contributed by atoms with van der Waals surface area (Å²) in [4.78, 5) is 25.4. The van der Waals surface area contributed by atoms with E-state index < -0.39 is 12.1 Å². The number of carbonyl (C=O) groups is 2. The normalized spacial score (nSPS) is 28.6. The molecule has 0 spiro atoms. The molecule has 2 aliphatic heterocycles. The molecule has 0 radical (unpaired) electrons. The van der Waals surface area contributed by atoms with Crippen LogP contribution in [0.3, 0.4) is 0 Å². The molecule has 2 saturated heterocycles. The quantitative estimate of drug-likeness (QED) is 0.776.